The lowest BCUT2D eigenvalue weighted by molar-refractivity contribution is 1.15. The molecule has 0 aliphatic rings. The van der Waals surface area contributed by atoms with E-state index in [1.54, 1.807) is 0 Å². The molecular formula is C42H27N3. The summed E-state index contributed by atoms with van der Waals surface area (Å²) in [4.78, 5) is 3.67. The van der Waals surface area contributed by atoms with Gasteiger partial charge in [0.25, 0.3) is 0 Å². The van der Waals surface area contributed by atoms with Gasteiger partial charge in [-0.1, -0.05) is 103 Å². The van der Waals surface area contributed by atoms with E-state index in [4.69, 9.17) is 0 Å². The van der Waals surface area contributed by atoms with E-state index in [0.29, 0.717) is 0 Å². The van der Waals surface area contributed by atoms with Crippen LogP contribution in [0.4, 0.5) is 0 Å². The maximum atomic E-state index is 3.67. The Labute approximate surface area is 259 Å². The first-order valence-corrected chi connectivity index (χ1v) is 15.5. The molecule has 3 aromatic heterocycles. The number of hydrogen-bond donors (Lipinski definition) is 1. The Hall–Kier alpha value is -6.06. The number of H-pyrrole nitrogens is 1. The number of aromatic nitrogens is 3. The minimum atomic E-state index is 1.14. The van der Waals surface area contributed by atoms with Gasteiger partial charge in [0, 0.05) is 54.7 Å². The standard InChI is InChI=1S/C42H27N3/c1-3-11-27(12-4-1)28-19-23-37-35(25-28)36-26-30(20-24-38(36)43-37)45-40-18-10-8-16-32(40)34-22-21-33-31-15-7-9-17-39(31)44(41(33)42(34)45)29-13-5-2-6-14-29/h1-26,43H. The third-order valence-electron chi connectivity index (χ3n) is 9.43. The summed E-state index contributed by atoms with van der Waals surface area (Å²) < 4.78 is 4.92. The van der Waals surface area contributed by atoms with Crippen LogP contribution in [-0.4, -0.2) is 14.1 Å². The van der Waals surface area contributed by atoms with Gasteiger partial charge in [0.1, 0.15) is 0 Å². The van der Waals surface area contributed by atoms with E-state index in [1.807, 2.05) is 0 Å². The van der Waals surface area contributed by atoms with E-state index < -0.39 is 0 Å². The minimum Gasteiger partial charge on any atom is -0.355 e. The van der Waals surface area contributed by atoms with E-state index in [-0.39, 0.29) is 0 Å². The summed E-state index contributed by atoms with van der Waals surface area (Å²) in [7, 11) is 0. The molecular weight excluding hydrogens is 546 g/mol. The van der Waals surface area contributed by atoms with Crippen molar-refractivity contribution in [2.45, 2.75) is 0 Å². The lowest BCUT2D eigenvalue weighted by atomic mass is 10.0. The molecule has 0 saturated carbocycles. The highest BCUT2D eigenvalue weighted by Crippen LogP contribution is 2.42. The Bertz CT molecular complexity index is 2740. The van der Waals surface area contributed by atoms with Gasteiger partial charge in [0.05, 0.1) is 22.1 Å². The highest BCUT2D eigenvalue weighted by molar-refractivity contribution is 6.24. The van der Waals surface area contributed by atoms with E-state index in [0.717, 1.165) is 22.4 Å². The molecule has 210 valence electrons. The SMILES string of the molecule is c1ccc(-c2ccc3[nH]c4ccc(-n5c6ccccc6c6ccc7c8ccccc8n(-c8ccccc8)c7c65)cc4c3c2)cc1. The zero-order valence-electron chi connectivity index (χ0n) is 24.4. The Morgan fingerprint density at radius 1 is 0.333 bits per heavy atom. The molecule has 7 aromatic carbocycles. The van der Waals surface area contributed by atoms with Gasteiger partial charge in [-0.05, 0) is 65.7 Å². The molecule has 0 aliphatic heterocycles. The van der Waals surface area contributed by atoms with Crippen LogP contribution in [-0.2, 0) is 0 Å². The summed E-state index contributed by atoms with van der Waals surface area (Å²) in [6.45, 7) is 0. The maximum Gasteiger partial charge on any atom is 0.0788 e. The van der Waals surface area contributed by atoms with Crippen molar-refractivity contribution >= 4 is 65.4 Å². The second-order valence-corrected chi connectivity index (χ2v) is 11.9. The summed E-state index contributed by atoms with van der Waals surface area (Å²) in [5.74, 6) is 0. The van der Waals surface area contributed by atoms with Gasteiger partial charge in [-0.15, -0.1) is 0 Å². The van der Waals surface area contributed by atoms with E-state index in [2.05, 4.69) is 172 Å². The number of hydrogen-bond acceptors (Lipinski definition) is 0. The molecule has 3 heterocycles. The van der Waals surface area contributed by atoms with Crippen LogP contribution in [0.15, 0.2) is 158 Å². The van der Waals surface area contributed by atoms with E-state index in [1.165, 1.54) is 65.5 Å². The summed E-state index contributed by atoms with van der Waals surface area (Å²) in [5, 5.41) is 7.48. The molecule has 0 radical (unpaired) electrons. The number of nitrogens with one attached hydrogen (secondary N) is 1. The van der Waals surface area contributed by atoms with Crippen molar-refractivity contribution < 1.29 is 0 Å². The second-order valence-electron chi connectivity index (χ2n) is 11.9. The van der Waals surface area contributed by atoms with Gasteiger partial charge in [0.15, 0.2) is 0 Å². The predicted molar refractivity (Wildman–Crippen MR) is 190 cm³/mol. The molecule has 0 aliphatic carbocycles. The molecule has 10 rings (SSSR count). The molecule has 0 amide bonds. The molecule has 45 heavy (non-hydrogen) atoms. The number of aromatic amines is 1. The Kier molecular flexibility index (Phi) is 5.00. The number of nitrogens with zero attached hydrogens (tertiary/aromatic N) is 2. The first-order chi connectivity index (χ1) is 22.3. The molecule has 0 unspecified atom stereocenters. The molecule has 0 atom stereocenters. The summed E-state index contributed by atoms with van der Waals surface area (Å²) in [6.07, 6.45) is 0. The van der Waals surface area contributed by atoms with Gasteiger partial charge in [-0.2, -0.15) is 0 Å². The fourth-order valence-corrected chi connectivity index (χ4v) is 7.45. The monoisotopic (exact) mass is 573 g/mol. The van der Waals surface area contributed by atoms with Crippen molar-refractivity contribution in [1.82, 2.24) is 14.1 Å². The largest absolute Gasteiger partial charge is 0.355 e. The van der Waals surface area contributed by atoms with Crippen LogP contribution in [0.2, 0.25) is 0 Å². The summed E-state index contributed by atoms with van der Waals surface area (Å²) in [6, 6.07) is 57.2. The molecule has 3 heteroatoms. The van der Waals surface area contributed by atoms with Gasteiger partial charge in [0.2, 0.25) is 0 Å². The average Bonchev–Trinajstić information content (AvgIpc) is 3.76. The number of rotatable bonds is 3. The van der Waals surface area contributed by atoms with Crippen molar-refractivity contribution in [3.8, 4) is 22.5 Å². The van der Waals surface area contributed by atoms with Crippen LogP contribution in [0.3, 0.4) is 0 Å². The van der Waals surface area contributed by atoms with Crippen LogP contribution in [0.25, 0.3) is 87.9 Å². The third-order valence-corrected chi connectivity index (χ3v) is 9.43. The lowest BCUT2D eigenvalue weighted by Gasteiger charge is -2.13. The van der Waals surface area contributed by atoms with Crippen LogP contribution < -0.4 is 0 Å². The highest BCUT2D eigenvalue weighted by Gasteiger charge is 2.21. The van der Waals surface area contributed by atoms with Crippen LogP contribution >= 0.6 is 0 Å². The predicted octanol–water partition coefficient (Wildman–Crippen LogP) is 11.2. The molecule has 0 fully saturated rings. The highest BCUT2D eigenvalue weighted by atomic mass is 15.0. The van der Waals surface area contributed by atoms with Crippen molar-refractivity contribution in [3.63, 3.8) is 0 Å². The van der Waals surface area contributed by atoms with Gasteiger partial charge in [-0.3, -0.25) is 0 Å². The van der Waals surface area contributed by atoms with Crippen LogP contribution in [0.1, 0.15) is 0 Å². The quantitative estimate of drug-likeness (QED) is 0.218. The smallest absolute Gasteiger partial charge is 0.0788 e. The summed E-state index contributed by atoms with van der Waals surface area (Å²) >= 11 is 0. The molecule has 10 aromatic rings. The van der Waals surface area contributed by atoms with Crippen molar-refractivity contribution in [1.29, 1.82) is 0 Å². The summed E-state index contributed by atoms with van der Waals surface area (Å²) in [5.41, 5.74) is 11.9. The molecule has 1 N–H and O–H groups in total. The van der Waals surface area contributed by atoms with Crippen LogP contribution in [0.5, 0.6) is 0 Å². The minimum absolute atomic E-state index is 1.14. The number of fused-ring (bicyclic) bond motifs is 10. The fraction of sp³-hybridized carbons (Fsp3) is 0. The van der Waals surface area contributed by atoms with E-state index >= 15 is 0 Å². The normalized spacial score (nSPS) is 12.0. The van der Waals surface area contributed by atoms with E-state index in [9.17, 15) is 0 Å². The zero-order valence-corrected chi connectivity index (χ0v) is 24.4. The van der Waals surface area contributed by atoms with Gasteiger partial charge >= 0.3 is 0 Å². The van der Waals surface area contributed by atoms with Gasteiger partial charge < -0.3 is 14.1 Å². The van der Waals surface area contributed by atoms with Crippen molar-refractivity contribution in [3.05, 3.63) is 158 Å². The lowest BCUT2D eigenvalue weighted by Crippen LogP contribution is -1.98. The van der Waals surface area contributed by atoms with Crippen molar-refractivity contribution in [2.24, 2.45) is 0 Å². The third kappa shape index (κ3) is 3.46. The fourth-order valence-electron chi connectivity index (χ4n) is 7.45. The zero-order chi connectivity index (χ0) is 29.5. The number of benzene rings is 7. The average molecular weight is 574 g/mol. The molecule has 0 saturated heterocycles. The first-order valence-electron chi connectivity index (χ1n) is 15.5. The van der Waals surface area contributed by atoms with Crippen molar-refractivity contribution in [2.75, 3.05) is 0 Å². The molecule has 3 nitrogen and oxygen atoms in total. The molecule has 0 spiro atoms. The Balaban J connectivity index is 1.34. The maximum absolute atomic E-state index is 3.67. The molecule has 0 bridgehead atoms. The first kappa shape index (κ1) is 24.4. The topological polar surface area (TPSA) is 25.6 Å². The second kappa shape index (κ2) is 9.22. The van der Waals surface area contributed by atoms with Gasteiger partial charge in [-0.25, -0.2) is 0 Å². The Morgan fingerprint density at radius 2 is 0.867 bits per heavy atom. The van der Waals surface area contributed by atoms with Crippen LogP contribution in [0, 0.1) is 0 Å². The number of para-hydroxylation sites is 3. The Morgan fingerprint density at radius 3 is 1.53 bits per heavy atom.